The Balaban J connectivity index is 1.86. The zero-order chi connectivity index (χ0) is 13.7. The molecule has 1 fully saturated rings. The van der Waals surface area contributed by atoms with E-state index in [1.165, 1.54) is 5.56 Å². The van der Waals surface area contributed by atoms with Crippen LogP contribution < -0.4 is 0 Å². The van der Waals surface area contributed by atoms with Crippen molar-refractivity contribution in [3.63, 3.8) is 0 Å². The van der Waals surface area contributed by atoms with Gasteiger partial charge in [0, 0.05) is 6.42 Å². The Kier molecular flexibility index (Phi) is 4.97. The maximum Gasteiger partial charge on any atom is 0.306 e. The highest BCUT2D eigenvalue weighted by atomic mass is 16.5. The first-order valence-corrected chi connectivity index (χ1v) is 7.11. The van der Waals surface area contributed by atoms with Crippen LogP contribution in [0.5, 0.6) is 0 Å². The van der Waals surface area contributed by atoms with Gasteiger partial charge in [-0.3, -0.25) is 4.79 Å². The van der Waals surface area contributed by atoms with Crippen LogP contribution in [0.4, 0.5) is 0 Å². The second kappa shape index (κ2) is 6.71. The number of hydrogen-bond acceptors (Lipinski definition) is 3. The molecule has 0 heterocycles. The van der Waals surface area contributed by atoms with E-state index in [1.807, 2.05) is 6.92 Å². The van der Waals surface area contributed by atoms with Gasteiger partial charge in [0.25, 0.3) is 0 Å². The van der Waals surface area contributed by atoms with Crippen LogP contribution in [-0.4, -0.2) is 23.8 Å². The first-order valence-electron chi connectivity index (χ1n) is 7.11. The number of carbonyl (C=O) groups is 1. The lowest BCUT2D eigenvalue weighted by molar-refractivity contribution is -0.143. The van der Waals surface area contributed by atoms with Crippen molar-refractivity contribution in [2.45, 2.75) is 51.0 Å². The molecule has 1 saturated carbocycles. The van der Waals surface area contributed by atoms with Gasteiger partial charge in [0.05, 0.1) is 12.7 Å². The average Bonchev–Trinajstić information content (AvgIpc) is 2.84. The summed E-state index contributed by atoms with van der Waals surface area (Å²) < 4.78 is 4.91. The predicted molar refractivity (Wildman–Crippen MR) is 74.0 cm³/mol. The van der Waals surface area contributed by atoms with Crippen LogP contribution in [-0.2, 0) is 16.0 Å². The largest absolute Gasteiger partial charge is 0.466 e. The molecule has 104 valence electrons. The topological polar surface area (TPSA) is 46.5 Å². The van der Waals surface area contributed by atoms with E-state index in [9.17, 15) is 9.90 Å². The van der Waals surface area contributed by atoms with Crippen molar-refractivity contribution in [1.82, 2.24) is 0 Å². The molecule has 2 atom stereocenters. The Morgan fingerprint density at radius 2 is 2.05 bits per heavy atom. The van der Waals surface area contributed by atoms with Crippen LogP contribution in [0, 0.1) is 0 Å². The predicted octanol–water partition coefficient (Wildman–Crippen LogP) is 2.81. The van der Waals surface area contributed by atoms with Gasteiger partial charge in [0.2, 0.25) is 0 Å². The third kappa shape index (κ3) is 4.06. The molecule has 2 rings (SSSR count). The maximum absolute atomic E-state index is 11.3. The molecule has 1 aromatic carbocycles. The highest BCUT2D eigenvalue weighted by Crippen LogP contribution is 2.34. The van der Waals surface area contributed by atoms with E-state index in [0.29, 0.717) is 18.9 Å². The van der Waals surface area contributed by atoms with Gasteiger partial charge < -0.3 is 9.84 Å². The van der Waals surface area contributed by atoms with Crippen molar-refractivity contribution in [1.29, 1.82) is 0 Å². The number of aliphatic hydroxyl groups excluding tert-OH is 1. The Morgan fingerprint density at radius 1 is 1.32 bits per heavy atom. The minimum Gasteiger partial charge on any atom is -0.466 e. The van der Waals surface area contributed by atoms with E-state index in [4.69, 9.17) is 4.74 Å². The lowest BCUT2D eigenvalue weighted by Gasteiger charge is -2.10. The molecule has 1 aromatic rings. The minimum absolute atomic E-state index is 0.131. The van der Waals surface area contributed by atoms with Crippen LogP contribution in [0.15, 0.2) is 24.3 Å². The van der Waals surface area contributed by atoms with Gasteiger partial charge in [-0.2, -0.15) is 0 Å². The smallest absolute Gasteiger partial charge is 0.306 e. The summed E-state index contributed by atoms with van der Waals surface area (Å²) >= 11 is 0. The summed E-state index contributed by atoms with van der Waals surface area (Å²) in [7, 11) is 0. The van der Waals surface area contributed by atoms with E-state index in [-0.39, 0.29) is 12.1 Å². The molecule has 0 radical (unpaired) electrons. The highest BCUT2D eigenvalue weighted by Gasteiger charge is 2.23. The number of esters is 1. The number of rotatable bonds is 5. The SMILES string of the molecule is CCOC(=O)CCc1ccc([C@H]2CC[C@@H](O)C2)cc1. The molecule has 0 saturated heterocycles. The lowest BCUT2D eigenvalue weighted by Crippen LogP contribution is -2.05. The number of carbonyl (C=O) groups excluding carboxylic acids is 1. The van der Waals surface area contributed by atoms with Crippen molar-refractivity contribution in [3.05, 3.63) is 35.4 Å². The summed E-state index contributed by atoms with van der Waals surface area (Å²) in [6, 6.07) is 8.42. The number of ether oxygens (including phenoxy) is 1. The van der Waals surface area contributed by atoms with Crippen LogP contribution in [0.3, 0.4) is 0 Å². The molecule has 1 aliphatic carbocycles. The molecule has 0 spiro atoms. The second-order valence-electron chi connectivity index (χ2n) is 5.21. The third-order valence-electron chi connectivity index (χ3n) is 3.78. The van der Waals surface area contributed by atoms with E-state index in [0.717, 1.165) is 31.2 Å². The first kappa shape index (κ1) is 14.1. The number of hydrogen-bond donors (Lipinski definition) is 1. The zero-order valence-corrected chi connectivity index (χ0v) is 11.5. The highest BCUT2D eigenvalue weighted by molar-refractivity contribution is 5.69. The van der Waals surface area contributed by atoms with Gasteiger partial charge in [-0.1, -0.05) is 24.3 Å². The fourth-order valence-electron chi connectivity index (χ4n) is 2.70. The fraction of sp³-hybridized carbons (Fsp3) is 0.562. The van der Waals surface area contributed by atoms with Crippen LogP contribution in [0.25, 0.3) is 0 Å². The van der Waals surface area contributed by atoms with Crippen molar-refractivity contribution >= 4 is 5.97 Å². The van der Waals surface area contributed by atoms with Gasteiger partial charge in [0.1, 0.15) is 0 Å². The van der Waals surface area contributed by atoms with Crippen LogP contribution in [0.2, 0.25) is 0 Å². The molecule has 1 N–H and O–H groups in total. The van der Waals surface area contributed by atoms with Gasteiger partial charge in [-0.25, -0.2) is 0 Å². The third-order valence-corrected chi connectivity index (χ3v) is 3.78. The maximum atomic E-state index is 11.3. The van der Waals surface area contributed by atoms with Gasteiger partial charge in [0.15, 0.2) is 0 Å². The first-order chi connectivity index (χ1) is 9.19. The normalized spacial score (nSPS) is 22.4. The molecule has 3 heteroatoms. The van der Waals surface area contributed by atoms with Crippen molar-refractivity contribution in [3.8, 4) is 0 Å². The summed E-state index contributed by atoms with van der Waals surface area (Å²) in [5.41, 5.74) is 2.46. The monoisotopic (exact) mass is 262 g/mol. The second-order valence-corrected chi connectivity index (χ2v) is 5.21. The Labute approximate surface area is 114 Å². The van der Waals surface area contributed by atoms with Crippen molar-refractivity contribution in [2.75, 3.05) is 6.61 Å². The number of benzene rings is 1. The molecule has 3 nitrogen and oxygen atoms in total. The summed E-state index contributed by atoms with van der Waals surface area (Å²) in [5.74, 6) is 0.361. The summed E-state index contributed by atoms with van der Waals surface area (Å²) in [6.45, 7) is 2.27. The van der Waals surface area contributed by atoms with E-state index >= 15 is 0 Å². The fourth-order valence-corrected chi connectivity index (χ4v) is 2.70. The van der Waals surface area contributed by atoms with Gasteiger partial charge >= 0.3 is 5.97 Å². The van der Waals surface area contributed by atoms with Gasteiger partial charge in [-0.15, -0.1) is 0 Å². The molecule has 19 heavy (non-hydrogen) atoms. The number of aryl methyl sites for hydroxylation is 1. The molecular formula is C16H22O3. The van der Waals surface area contributed by atoms with Crippen molar-refractivity contribution < 1.29 is 14.6 Å². The molecule has 1 aliphatic rings. The van der Waals surface area contributed by atoms with E-state index < -0.39 is 0 Å². The summed E-state index contributed by atoms with van der Waals surface area (Å²) in [5, 5.41) is 9.56. The van der Waals surface area contributed by atoms with Crippen LogP contribution >= 0.6 is 0 Å². The zero-order valence-electron chi connectivity index (χ0n) is 11.5. The number of aliphatic hydroxyl groups is 1. The summed E-state index contributed by atoms with van der Waals surface area (Å²) in [4.78, 5) is 11.3. The molecular weight excluding hydrogens is 240 g/mol. The molecule has 0 aromatic heterocycles. The minimum atomic E-state index is -0.134. The molecule has 0 bridgehead atoms. The Bertz CT molecular complexity index is 411. The molecule has 0 unspecified atom stereocenters. The lowest BCUT2D eigenvalue weighted by atomic mass is 9.96. The average molecular weight is 262 g/mol. The Morgan fingerprint density at radius 3 is 2.63 bits per heavy atom. The standard InChI is InChI=1S/C16H22O3/c1-2-19-16(18)10-5-12-3-6-13(7-4-12)14-8-9-15(17)11-14/h3-4,6-7,14-15,17H,2,5,8-11H2,1H3/t14-,15+/m0/s1. The van der Waals surface area contributed by atoms with Crippen molar-refractivity contribution in [2.24, 2.45) is 0 Å². The molecule has 0 aliphatic heterocycles. The van der Waals surface area contributed by atoms with Crippen LogP contribution in [0.1, 0.15) is 49.7 Å². The quantitative estimate of drug-likeness (QED) is 0.830. The van der Waals surface area contributed by atoms with E-state index in [2.05, 4.69) is 24.3 Å². The van der Waals surface area contributed by atoms with E-state index in [1.54, 1.807) is 0 Å². The summed E-state index contributed by atoms with van der Waals surface area (Å²) in [6.07, 6.45) is 3.90. The molecule has 0 amide bonds. The Hall–Kier alpha value is -1.35. The van der Waals surface area contributed by atoms with Gasteiger partial charge in [-0.05, 0) is 49.7 Å².